The van der Waals surface area contributed by atoms with Gasteiger partial charge < -0.3 is 9.47 Å². The van der Waals surface area contributed by atoms with Gasteiger partial charge in [0.15, 0.2) is 10.9 Å². The number of carbonyl (C=O) groups is 2. The second kappa shape index (κ2) is 10.2. The second-order valence-electron chi connectivity index (χ2n) is 11.4. The third kappa shape index (κ3) is 3.97. The van der Waals surface area contributed by atoms with Crippen LogP contribution in [0.2, 0.25) is 0 Å². The first kappa shape index (κ1) is 27.4. The summed E-state index contributed by atoms with van der Waals surface area (Å²) < 4.78 is 10.7. The van der Waals surface area contributed by atoms with Gasteiger partial charge in [0, 0.05) is 24.6 Å². The van der Waals surface area contributed by atoms with E-state index in [1.165, 1.54) is 26.0 Å². The molecule has 0 N–H and O–H groups in total. The van der Waals surface area contributed by atoms with E-state index < -0.39 is 22.8 Å². The van der Waals surface area contributed by atoms with Crippen LogP contribution in [0, 0.1) is 0 Å². The highest BCUT2D eigenvalue weighted by Crippen LogP contribution is 2.51. The van der Waals surface area contributed by atoms with Crippen molar-refractivity contribution in [3.63, 3.8) is 0 Å². The van der Waals surface area contributed by atoms with Crippen molar-refractivity contribution in [2.75, 3.05) is 0 Å². The second-order valence-corrected chi connectivity index (χ2v) is 11.4. The maximum absolute atomic E-state index is 14.3. The van der Waals surface area contributed by atoms with Gasteiger partial charge >= 0.3 is 11.9 Å². The number of ether oxygens (including phenoxy) is 2. The van der Waals surface area contributed by atoms with E-state index in [1.807, 2.05) is 48.5 Å². The van der Waals surface area contributed by atoms with E-state index in [2.05, 4.69) is 36.4 Å². The molecule has 0 aliphatic carbocycles. The fourth-order valence-corrected chi connectivity index (χ4v) is 6.88. The molecule has 0 saturated carbocycles. The molecular formula is C40H24O6. The molecule has 0 aliphatic heterocycles. The molecule has 0 fully saturated rings. The van der Waals surface area contributed by atoms with Gasteiger partial charge in [0.2, 0.25) is 0 Å². The van der Waals surface area contributed by atoms with E-state index in [4.69, 9.17) is 9.47 Å². The van der Waals surface area contributed by atoms with Gasteiger partial charge in [-0.1, -0.05) is 84.9 Å². The number of hydrogen-bond acceptors (Lipinski definition) is 6. The number of esters is 2. The van der Waals surface area contributed by atoms with Crippen molar-refractivity contribution in [1.82, 2.24) is 0 Å². The standard InChI is InChI=1S/C40H24O6/c1-21(41)45-31-17-18-32(46-22(2)42)38-37(31)39(43)29-19-27-28(20-30(29)40(38)44)36-34(24-13-7-4-8-14-24)26-16-10-9-15-25(26)33(35(27)36)23-11-5-3-6-12-23/h3-20H,1-2H3. The summed E-state index contributed by atoms with van der Waals surface area (Å²) in [6.45, 7) is 2.43. The Labute approximate surface area is 261 Å². The summed E-state index contributed by atoms with van der Waals surface area (Å²) in [5, 5.41) is 6.05. The summed E-state index contributed by atoms with van der Waals surface area (Å²) in [5.41, 5.74) is 3.19. The minimum atomic E-state index is -0.646. The van der Waals surface area contributed by atoms with Gasteiger partial charge in [0.1, 0.15) is 11.5 Å². The first-order chi connectivity index (χ1) is 22.3. The number of rotatable bonds is 4. The average molecular weight is 601 g/mol. The van der Waals surface area contributed by atoms with E-state index in [1.54, 1.807) is 12.1 Å². The molecule has 0 saturated heterocycles. The van der Waals surface area contributed by atoms with Gasteiger partial charge in [-0.25, -0.2) is 0 Å². The molecule has 6 heteroatoms. The molecule has 6 nitrogen and oxygen atoms in total. The Kier molecular flexibility index (Phi) is 6.08. The quantitative estimate of drug-likeness (QED) is 0.115. The number of carbonyl (C=O) groups excluding carboxylic acids is 2. The topological polar surface area (TPSA) is 86.7 Å². The molecule has 0 amide bonds. The van der Waals surface area contributed by atoms with E-state index in [-0.39, 0.29) is 33.0 Å². The average Bonchev–Trinajstić information content (AvgIpc) is 3.06. The first-order valence-corrected chi connectivity index (χ1v) is 14.8. The van der Waals surface area contributed by atoms with Crippen molar-refractivity contribution in [2.24, 2.45) is 0 Å². The van der Waals surface area contributed by atoms with Crippen molar-refractivity contribution >= 4 is 65.8 Å². The van der Waals surface area contributed by atoms with Crippen LogP contribution in [-0.2, 0) is 9.59 Å². The van der Waals surface area contributed by atoms with Gasteiger partial charge in [-0.15, -0.1) is 0 Å². The minimum Gasteiger partial charge on any atom is -0.426 e. The molecule has 0 heterocycles. The Balaban J connectivity index is 1.59. The number of fused-ring (bicyclic) bond motifs is 7. The molecule has 0 aromatic heterocycles. The summed E-state index contributed by atoms with van der Waals surface area (Å²) in [6.07, 6.45) is 0. The van der Waals surface area contributed by atoms with Gasteiger partial charge in [-0.05, 0) is 78.8 Å². The Morgan fingerprint density at radius 1 is 0.435 bits per heavy atom. The monoisotopic (exact) mass is 600 g/mol. The largest absolute Gasteiger partial charge is 0.426 e. The lowest BCUT2D eigenvalue weighted by Gasteiger charge is -2.24. The molecular weight excluding hydrogens is 576 g/mol. The lowest BCUT2D eigenvalue weighted by molar-refractivity contribution is -0.132. The fraction of sp³-hybridized carbons (Fsp3) is 0.0500. The summed E-state index contributed by atoms with van der Waals surface area (Å²) >= 11 is 0. The first-order valence-electron chi connectivity index (χ1n) is 14.8. The van der Waals surface area contributed by atoms with Crippen LogP contribution in [0.15, 0.2) is 119 Å². The lowest BCUT2D eigenvalue weighted by Crippen LogP contribution is -2.17. The van der Waals surface area contributed by atoms with Crippen molar-refractivity contribution in [2.45, 2.75) is 13.8 Å². The third-order valence-electron chi connectivity index (χ3n) is 8.62. The van der Waals surface area contributed by atoms with E-state index in [0.29, 0.717) is 0 Å². The van der Waals surface area contributed by atoms with E-state index in [0.717, 1.165) is 54.6 Å². The van der Waals surface area contributed by atoms with Crippen LogP contribution < -0.4 is 20.3 Å². The Morgan fingerprint density at radius 3 is 1.17 bits per heavy atom. The highest BCUT2D eigenvalue weighted by molar-refractivity contribution is 6.40. The minimum absolute atomic E-state index is 0.0622. The summed E-state index contributed by atoms with van der Waals surface area (Å²) in [7, 11) is 0. The van der Waals surface area contributed by atoms with Gasteiger partial charge in [0.25, 0.3) is 0 Å². The molecule has 46 heavy (non-hydrogen) atoms. The molecule has 0 unspecified atom stereocenters. The molecule has 8 aromatic rings. The molecule has 0 radical (unpaired) electrons. The Morgan fingerprint density at radius 2 is 0.804 bits per heavy atom. The summed E-state index contributed by atoms with van der Waals surface area (Å²) in [4.78, 5) is 52.5. The van der Waals surface area contributed by atoms with Crippen molar-refractivity contribution < 1.29 is 19.1 Å². The summed E-state index contributed by atoms with van der Waals surface area (Å²) in [6, 6.07) is 34.9. The summed E-state index contributed by atoms with van der Waals surface area (Å²) in [5.74, 6) is -1.42. The van der Waals surface area contributed by atoms with Gasteiger partial charge in [0.05, 0.1) is 10.8 Å². The highest BCUT2D eigenvalue weighted by atomic mass is 16.5. The van der Waals surface area contributed by atoms with Crippen LogP contribution >= 0.6 is 0 Å². The Hall–Kier alpha value is -6.14. The zero-order chi connectivity index (χ0) is 31.7. The van der Waals surface area contributed by atoms with Gasteiger partial charge in [-0.2, -0.15) is 0 Å². The van der Waals surface area contributed by atoms with Crippen molar-refractivity contribution in [1.29, 1.82) is 0 Å². The predicted octanol–water partition coefficient (Wildman–Crippen LogP) is 8.23. The lowest BCUT2D eigenvalue weighted by atomic mass is 9.78. The zero-order valence-electron chi connectivity index (χ0n) is 24.8. The molecule has 0 bridgehead atoms. The van der Waals surface area contributed by atoms with E-state index >= 15 is 0 Å². The van der Waals surface area contributed by atoms with Crippen LogP contribution in [0.1, 0.15) is 13.8 Å². The highest BCUT2D eigenvalue weighted by Gasteiger charge is 2.26. The Bertz CT molecular complexity index is 2480. The van der Waals surface area contributed by atoms with Crippen molar-refractivity contribution in [3.05, 3.63) is 130 Å². The molecule has 8 rings (SSSR count). The third-order valence-corrected chi connectivity index (χ3v) is 8.62. The van der Waals surface area contributed by atoms with Crippen LogP contribution in [0.3, 0.4) is 0 Å². The molecule has 220 valence electrons. The zero-order valence-corrected chi connectivity index (χ0v) is 24.8. The van der Waals surface area contributed by atoms with E-state index in [9.17, 15) is 19.2 Å². The van der Waals surface area contributed by atoms with Crippen molar-refractivity contribution in [3.8, 4) is 33.8 Å². The normalized spacial score (nSPS) is 11.6. The molecule has 0 atom stereocenters. The molecule has 0 spiro atoms. The molecule has 8 aromatic carbocycles. The molecule has 0 aliphatic rings. The van der Waals surface area contributed by atoms with Crippen LogP contribution in [-0.4, -0.2) is 11.9 Å². The van der Waals surface area contributed by atoms with Gasteiger partial charge in [-0.3, -0.25) is 19.2 Å². The van der Waals surface area contributed by atoms with Crippen LogP contribution in [0.5, 0.6) is 11.5 Å². The number of benzene rings is 7. The maximum Gasteiger partial charge on any atom is 0.308 e. The predicted molar refractivity (Wildman–Crippen MR) is 182 cm³/mol. The fourth-order valence-electron chi connectivity index (χ4n) is 6.88. The SMILES string of the molecule is CC(=O)Oc1ccc(OC(C)=O)c2c(=O)c3cc4c(cc3c(=O)c12)c1c(-c2ccccc2)c2ccccc2c(-c2ccccc2)c41. The smallest absolute Gasteiger partial charge is 0.308 e. The van der Waals surface area contributed by atoms with Crippen LogP contribution in [0.4, 0.5) is 0 Å². The number of hydrogen-bond donors (Lipinski definition) is 0. The van der Waals surface area contributed by atoms with Crippen LogP contribution in [0.25, 0.3) is 76.1 Å². The maximum atomic E-state index is 14.3.